The van der Waals surface area contributed by atoms with E-state index in [1.807, 2.05) is 12.1 Å². The van der Waals surface area contributed by atoms with E-state index in [0.29, 0.717) is 29.4 Å². The fraction of sp³-hybridized carbons (Fsp3) is 0.636. The van der Waals surface area contributed by atoms with Gasteiger partial charge in [-0.2, -0.15) is 0 Å². The van der Waals surface area contributed by atoms with Crippen molar-refractivity contribution in [3.63, 3.8) is 0 Å². The molecule has 0 spiro atoms. The smallest absolute Gasteiger partial charge is 0.115 e. The van der Waals surface area contributed by atoms with E-state index in [2.05, 4.69) is 50.9 Å². The van der Waals surface area contributed by atoms with Gasteiger partial charge < -0.3 is 10.2 Å². The fourth-order valence-corrected chi connectivity index (χ4v) is 6.99. The molecular weight excluding hydrogens is 456 g/mol. The highest BCUT2D eigenvalue weighted by molar-refractivity contribution is 9.28. The third-order valence-corrected chi connectivity index (χ3v) is 8.26. The van der Waals surface area contributed by atoms with E-state index in [-0.39, 0.29) is 11.5 Å². The number of aryl methyl sites for hydroxylation is 1. The van der Waals surface area contributed by atoms with Gasteiger partial charge in [-0.1, -0.05) is 19.1 Å². The van der Waals surface area contributed by atoms with Crippen LogP contribution in [0.15, 0.2) is 27.7 Å². The molecule has 2 N–H and O–H groups in total. The number of rotatable bonds is 3. The SMILES string of the molecule is C[C@]12C[C@H](CCC=C(Br)Br)C3c4ccc(O)cc4CCC3C1CCC2O. The third-order valence-electron chi connectivity index (χ3n) is 7.62. The van der Waals surface area contributed by atoms with Crippen molar-refractivity contribution in [2.75, 3.05) is 0 Å². The van der Waals surface area contributed by atoms with E-state index in [9.17, 15) is 10.2 Å². The van der Waals surface area contributed by atoms with Crippen LogP contribution in [-0.2, 0) is 6.42 Å². The number of aromatic hydroxyl groups is 1. The minimum atomic E-state index is -0.143. The first-order chi connectivity index (χ1) is 12.4. The molecule has 0 saturated heterocycles. The van der Waals surface area contributed by atoms with Crippen LogP contribution in [-0.4, -0.2) is 16.3 Å². The third kappa shape index (κ3) is 3.20. The minimum absolute atomic E-state index is 0.0790. The average molecular weight is 484 g/mol. The Morgan fingerprint density at radius 3 is 2.85 bits per heavy atom. The maximum atomic E-state index is 10.8. The molecule has 2 saturated carbocycles. The molecule has 4 heteroatoms. The van der Waals surface area contributed by atoms with E-state index in [1.165, 1.54) is 24.0 Å². The second-order valence-electron chi connectivity index (χ2n) is 8.85. The first kappa shape index (κ1) is 19.0. The lowest BCUT2D eigenvalue weighted by Gasteiger charge is -2.54. The van der Waals surface area contributed by atoms with Crippen molar-refractivity contribution in [2.45, 2.75) is 63.9 Å². The molecule has 1 aromatic carbocycles. The molecule has 1 aromatic rings. The van der Waals surface area contributed by atoms with Gasteiger partial charge in [0.15, 0.2) is 0 Å². The molecule has 0 heterocycles. The van der Waals surface area contributed by atoms with Gasteiger partial charge in [0.05, 0.1) is 9.50 Å². The molecule has 2 nitrogen and oxygen atoms in total. The van der Waals surface area contributed by atoms with E-state index in [4.69, 9.17) is 0 Å². The highest BCUT2D eigenvalue weighted by Gasteiger charge is 2.57. The van der Waals surface area contributed by atoms with Gasteiger partial charge in [0.25, 0.3) is 0 Å². The van der Waals surface area contributed by atoms with Gasteiger partial charge in [0.2, 0.25) is 0 Å². The van der Waals surface area contributed by atoms with Gasteiger partial charge in [-0.3, -0.25) is 0 Å². The summed E-state index contributed by atoms with van der Waals surface area (Å²) >= 11 is 6.95. The maximum absolute atomic E-state index is 10.8. The Kier molecular flexibility index (Phi) is 5.31. The fourth-order valence-electron chi connectivity index (χ4n) is 6.54. The largest absolute Gasteiger partial charge is 0.508 e. The van der Waals surface area contributed by atoms with Gasteiger partial charge in [-0.15, -0.1) is 0 Å². The molecule has 0 aliphatic heterocycles. The number of aliphatic hydroxyl groups excluding tert-OH is 1. The molecule has 2 fully saturated rings. The lowest BCUT2D eigenvalue weighted by molar-refractivity contribution is -0.0494. The number of fused-ring (bicyclic) bond motifs is 5. The van der Waals surface area contributed by atoms with E-state index in [0.717, 1.165) is 35.5 Å². The molecule has 6 atom stereocenters. The summed E-state index contributed by atoms with van der Waals surface area (Å²) in [7, 11) is 0. The summed E-state index contributed by atoms with van der Waals surface area (Å²) in [6.07, 6.45) is 9.77. The summed E-state index contributed by atoms with van der Waals surface area (Å²) in [4.78, 5) is 0. The van der Waals surface area contributed by atoms with Crippen LogP contribution in [0.1, 0.15) is 62.5 Å². The Morgan fingerprint density at radius 1 is 1.27 bits per heavy atom. The summed E-state index contributed by atoms with van der Waals surface area (Å²) in [6.45, 7) is 2.35. The molecule has 4 unspecified atom stereocenters. The molecule has 3 aliphatic carbocycles. The quantitative estimate of drug-likeness (QED) is 0.533. The normalized spacial score (nSPS) is 38.2. The van der Waals surface area contributed by atoms with Crippen LogP contribution in [0.25, 0.3) is 0 Å². The molecule has 26 heavy (non-hydrogen) atoms. The number of phenols is 1. The van der Waals surface area contributed by atoms with Gasteiger partial charge >= 0.3 is 0 Å². The second-order valence-corrected chi connectivity index (χ2v) is 11.6. The standard InChI is InChI=1S/C22H28Br2O2/c1-22-12-14(3-2-4-20(23)24)21-16-8-6-15(25)11-13(16)5-7-17(21)18(22)9-10-19(22)26/h4,6,8,11,14,17-19,21,25-26H,2-3,5,7,9-10,12H2,1H3/t14-,17?,18?,19?,21?,22-/m0/s1. The summed E-state index contributed by atoms with van der Waals surface area (Å²) in [6, 6.07) is 6.03. The van der Waals surface area contributed by atoms with Crippen molar-refractivity contribution >= 4 is 31.9 Å². The summed E-state index contributed by atoms with van der Waals surface area (Å²) < 4.78 is 1.02. The number of hydrogen-bond donors (Lipinski definition) is 2. The van der Waals surface area contributed by atoms with Crippen molar-refractivity contribution < 1.29 is 10.2 Å². The molecule has 142 valence electrons. The Balaban J connectivity index is 1.70. The first-order valence-corrected chi connectivity index (χ1v) is 11.5. The molecule has 4 rings (SSSR count). The van der Waals surface area contributed by atoms with Crippen molar-refractivity contribution in [2.24, 2.45) is 23.2 Å². The second kappa shape index (κ2) is 7.25. The highest BCUT2D eigenvalue weighted by atomic mass is 79.9. The lowest BCUT2D eigenvalue weighted by atomic mass is 9.51. The number of phenolic OH excluding ortho intramolecular Hbond substituents is 1. The monoisotopic (exact) mass is 482 g/mol. The summed E-state index contributed by atoms with van der Waals surface area (Å²) in [5.41, 5.74) is 2.89. The molecular formula is C22H28Br2O2. The zero-order chi connectivity index (χ0) is 18.5. The zero-order valence-electron chi connectivity index (χ0n) is 15.3. The van der Waals surface area contributed by atoms with Crippen molar-refractivity contribution in [1.29, 1.82) is 0 Å². The highest BCUT2D eigenvalue weighted by Crippen LogP contribution is 2.63. The van der Waals surface area contributed by atoms with Crippen LogP contribution < -0.4 is 0 Å². The van der Waals surface area contributed by atoms with Crippen LogP contribution >= 0.6 is 31.9 Å². The van der Waals surface area contributed by atoms with Gasteiger partial charge in [-0.05, 0) is 129 Å². The van der Waals surface area contributed by atoms with Crippen LogP contribution in [0.3, 0.4) is 0 Å². The Bertz CT molecular complexity index is 712. The van der Waals surface area contributed by atoms with Crippen molar-refractivity contribution in [1.82, 2.24) is 0 Å². The van der Waals surface area contributed by atoms with Crippen molar-refractivity contribution in [3.05, 3.63) is 38.8 Å². The predicted octanol–water partition coefficient (Wildman–Crippen LogP) is 6.25. The van der Waals surface area contributed by atoms with E-state index in [1.54, 1.807) is 0 Å². The van der Waals surface area contributed by atoms with Crippen LogP contribution in [0.4, 0.5) is 0 Å². The van der Waals surface area contributed by atoms with Gasteiger partial charge in [-0.25, -0.2) is 0 Å². The number of aliphatic hydroxyl groups is 1. The topological polar surface area (TPSA) is 40.5 Å². The average Bonchev–Trinajstić information content (AvgIpc) is 2.89. The molecule has 0 amide bonds. The summed E-state index contributed by atoms with van der Waals surface area (Å²) in [5.74, 6) is 2.86. The maximum Gasteiger partial charge on any atom is 0.115 e. The Labute approximate surface area is 173 Å². The van der Waals surface area contributed by atoms with Crippen molar-refractivity contribution in [3.8, 4) is 5.75 Å². The molecule has 0 bridgehead atoms. The number of benzene rings is 1. The molecule has 3 aliphatic rings. The molecule has 0 radical (unpaired) electrons. The van der Waals surface area contributed by atoms with Gasteiger partial charge in [0, 0.05) is 0 Å². The minimum Gasteiger partial charge on any atom is -0.508 e. The zero-order valence-corrected chi connectivity index (χ0v) is 18.5. The predicted molar refractivity (Wildman–Crippen MR) is 113 cm³/mol. The van der Waals surface area contributed by atoms with Gasteiger partial charge in [0.1, 0.15) is 5.75 Å². The Morgan fingerprint density at radius 2 is 2.08 bits per heavy atom. The van der Waals surface area contributed by atoms with Crippen LogP contribution in [0, 0.1) is 23.2 Å². The lowest BCUT2D eigenvalue weighted by Crippen LogP contribution is -2.47. The van der Waals surface area contributed by atoms with Crippen LogP contribution in [0.2, 0.25) is 0 Å². The Hall–Kier alpha value is -0.320. The number of hydrogen-bond acceptors (Lipinski definition) is 2. The number of allylic oxidation sites excluding steroid dienone is 1. The van der Waals surface area contributed by atoms with E-state index >= 15 is 0 Å². The summed E-state index contributed by atoms with van der Waals surface area (Å²) in [5, 5.41) is 20.7. The number of halogens is 2. The van der Waals surface area contributed by atoms with Crippen LogP contribution in [0.5, 0.6) is 5.75 Å². The first-order valence-electron chi connectivity index (χ1n) is 9.91. The van der Waals surface area contributed by atoms with E-state index < -0.39 is 0 Å². The molecule has 0 aromatic heterocycles.